The highest BCUT2D eigenvalue weighted by atomic mass is 16.5. The molecular weight excluding hydrogens is 266 g/mol. The van der Waals surface area contributed by atoms with Crippen molar-refractivity contribution in [1.29, 1.82) is 0 Å². The summed E-state index contributed by atoms with van der Waals surface area (Å²) in [4.78, 5) is 15.6. The van der Waals surface area contributed by atoms with E-state index in [0.29, 0.717) is 6.61 Å². The quantitative estimate of drug-likeness (QED) is 0.934. The largest absolute Gasteiger partial charge is 0.493 e. The number of aromatic nitrogens is 1. The van der Waals surface area contributed by atoms with Gasteiger partial charge in [-0.2, -0.15) is 0 Å². The summed E-state index contributed by atoms with van der Waals surface area (Å²) in [5.74, 6) is -0.0757. The van der Waals surface area contributed by atoms with Crippen molar-refractivity contribution in [1.82, 2.24) is 4.98 Å². The zero-order valence-electron chi connectivity index (χ0n) is 11.9. The summed E-state index contributed by atoms with van der Waals surface area (Å²) < 4.78 is 5.94. The molecule has 0 bridgehead atoms. The van der Waals surface area contributed by atoms with E-state index in [1.54, 1.807) is 6.20 Å². The Bertz CT molecular complexity index is 635. The molecule has 1 aromatic carbocycles. The molecule has 0 radical (unpaired) electrons. The van der Waals surface area contributed by atoms with Gasteiger partial charge in [0.2, 0.25) is 0 Å². The first kappa shape index (κ1) is 13.9. The van der Waals surface area contributed by atoms with E-state index in [4.69, 9.17) is 4.74 Å². The molecule has 2 aromatic rings. The molecule has 2 unspecified atom stereocenters. The Balaban J connectivity index is 1.75. The number of carbonyl (C=O) groups is 1. The van der Waals surface area contributed by atoms with E-state index in [1.165, 1.54) is 0 Å². The molecule has 0 spiro atoms. The van der Waals surface area contributed by atoms with E-state index in [-0.39, 0.29) is 11.8 Å². The molecule has 1 aromatic heterocycles. The Labute approximate surface area is 123 Å². The number of fused-ring (bicyclic) bond motifs is 1. The Morgan fingerprint density at radius 2 is 2.05 bits per heavy atom. The van der Waals surface area contributed by atoms with E-state index in [0.717, 1.165) is 42.3 Å². The second kappa shape index (κ2) is 6.12. The third-order valence-corrected chi connectivity index (χ3v) is 4.29. The number of hydrogen-bond acceptors (Lipinski definition) is 3. The fourth-order valence-corrected chi connectivity index (χ4v) is 3.12. The van der Waals surface area contributed by atoms with Crippen molar-refractivity contribution in [3.8, 4) is 5.75 Å². The number of nitrogens with zero attached hydrogens (tertiary/aromatic N) is 1. The molecule has 0 aliphatic heterocycles. The van der Waals surface area contributed by atoms with Crippen LogP contribution >= 0.6 is 0 Å². The maximum Gasteiger partial charge on any atom is 0.306 e. The van der Waals surface area contributed by atoms with Crippen LogP contribution in [0.3, 0.4) is 0 Å². The van der Waals surface area contributed by atoms with Crippen LogP contribution in [0.2, 0.25) is 0 Å². The van der Waals surface area contributed by atoms with Crippen molar-refractivity contribution in [2.24, 2.45) is 11.8 Å². The number of carboxylic acid groups (broad SMARTS) is 1. The lowest BCUT2D eigenvalue weighted by molar-refractivity contribution is -0.145. The van der Waals surface area contributed by atoms with Gasteiger partial charge in [0.15, 0.2) is 0 Å². The highest BCUT2D eigenvalue weighted by molar-refractivity contribution is 5.84. The van der Waals surface area contributed by atoms with Gasteiger partial charge in [0.25, 0.3) is 0 Å². The van der Waals surface area contributed by atoms with Crippen LogP contribution in [0.4, 0.5) is 0 Å². The van der Waals surface area contributed by atoms with E-state index in [9.17, 15) is 9.90 Å². The molecule has 1 saturated carbocycles. The zero-order chi connectivity index (χ0) is 14.7. The number of ether oxygens (including phenoxy) is 1. The number of aliphatic carboxylic acids is 1. The second-order valence-corrected chi connectivity index (χ2v) is 5.63. The first-order chi connectivity index (χ1) is 10.3. The Kier molecular flexibility index (Phi) is 4.04. The number of hydrogen-bond donors (Lipinski definition) is 1. The minimum absolute atomic E-state index is 0.100. The second-order valence-electron chi connectivity index (χ2n) is 5.63. The average Bonchev–Trinajstić information content (AvgIpc) is 2.53. The fraction of sp³-hybridized carbons (Fsp3) is 0.412. The third-order valence-electron chi connectivity index (χ3n) is 4.29. The van der Waals surface area contributed by atoms with Gasteiger partial charge in [-0.1, -0.05) is 25.0 Å². The lowest BCUT2D eigenvalue weighted by Gasteiger charge is -2.28. The van der Waals surface area contributed by atoms with Gasteiger partial charge in [0.05, 0.1) is 18.0 Å². The fourth-order valence-electron chi connectivity index (χ4n) is 3.12. The normalized spacial score (nSPS) is 22.1. The summed E-state index contributed by atoms with van der Waals surface area (Å²) in [5, 5.41) is 10.3. The smallest absolute Gasteiger partial charge is 0.306 e. The van der Waals surface area contributed by atoms with Crippen molar-refractivity contribution < 1.29 is 14.6 Å². The maximum atomic E-state index is 11.3. The van der Waals surface area contributed by atoms with Crippen LogP contribution in [0, 0.1) is 11.8 Å². The zero-order valence-corrected chi connectivity index (χ0v) is 11.9. The van der Waals surface area contributed by atoms with Crippen LogP contribution < -0.4 is 4.74 Å². The molecular formula is C17H19NO3. The van der Waals surface area contributed by atoms with Crippen molar-refractivity contribution in [2.75, 3.05) is 6.61 Å². The summed E-state index contributed by atoms with van der Waals surface area (Å²) in [7, 11) is 0. The van der Waals surface area contributed by atoms with Gasteiger partial charge in [0.1, 0.15) is 5.75 Å². The molecule has 4 heteroatoms. The average molecular weight is 285 g/mol. The summed E-state index contributed by atoms with van der Waals surface area (Å²) >= 11 is 0. The molecule has 2 atom stereocenters. The van der Waals surface area contributed by atoms with Gasteiger partial charge in [-0.05, 0) is 31.0 Å². The van der Waals surface area contributed by atoms with Gasteiger partial charge in [0, 0.05) is 17.5 Å². The molecule has 110 valence electrons. The van der Waals surface area contributed by atoms with Crippen LogP contribution in [0.25, 0.3) is 10.9 Å². The van der Waals surface area contributed by atoms with Gasteiger partial charge in [-0.15, -0.1) is 0 Å². The summed E-state index contributed by atoms with van der Waals surface area (Å²) in [5.41, 5.74) is 0.897. The monoisotopic (exact) mass is 285 g/mol. The number of benzene rings is 1. The number of rotatable bonds is 4. The molecule has 4 nitrogen and oxygen atoms in total. The standard InChI is InChI=1S/C17H19NO3/c19-17(20)13-6-2-1-5-12(13)11-21-16-9-10-18-15-8-4-3-7-14(15)16/h3-4,7-10,12-13H,1-2,5-6,11H2,(H,19,20). The minimum atomic E-state index is -0.692. The lowest BCUT2D eigenvalue weighted by atomic mass is 9.80. The predicted octanol–water partition coefficient (Wildman–Crippen LogP) is 3.50. The van der Waals surface area contributed by atoms with E-state index in [1.807, 2.05) is 30.3 Å². The van der Waals surface area contributed by atoms with Crippen molar-refractivity contribution in [3.63, 3.8) is 0 Å². The summed E-state index contributed by atoms with van der Waals surface area (Å²) in [6.45, 7) is 0.463. The van der Waals surface area contributed by atoms with E-state index < -0.39 is 5.97 Å². The minimum Gasteiger partial charge on any atom is -0.493 e. The van der Waals surface area contributed by atoms with Gasteiger partial charge in [-0.3, -0.25) is 9.78 Å². The van der Waals surface area contributed by atoms with Crippen LogP contribution in [0.5, 0.6) is 5.75 Å². The predicted molar refractivity (Wildman–Crippen MR) is 80.3 cm³/mol. The first-order valence-corrected chi connectivity index (χ1v) is 7.45. The number of carboxylic acids is 1. The molecule has 1 heterocycles. The van der Waals surface area contributed by atoms with E-state index in [2.05, 4.69) is 4.98 Å². The van der Waals surface area contributed by atoms with Crippen LogP contribution in [0.1, 0.15) is 25.7 Å². The van der Waals surface area contributed by atoms with E-state index >= 15 is 0 Å². The summed E-state index contributed by atoms with van der Waals surface area (Å²) in [6, 6.07) is 9.68. The third kappa shape index (κ3) is 2.99. The topological polar surface area (TPSA) is 59.4 Å². The SMILES string of the molecule is O=C(O)C1CCCCC1COc1ccnc2ccccc12. The van der Waals surface area contributed by atoms with Gasteiger partial charge >= 0.3 is 5.97 Å². The summed E-state index contributed by atoms with van der Waals surface area (Å²) in [6.07, 6.45) is 5.52. The Hall–Kier alpha value is -2.10. The molecule has 1 aliphatic rings. The van der Waals surface area contributed by atoms with Crippen molar-refractivity contribution in [3.05, 3.63) is 36.5 Å². The van der Waals surface area contributed by atoms with Crippen LogP contribution in [0.15, 0.2) is 36.5 Å². The number of para-hydroxylation sites is 1. The molecule has 0 amide bonds. The number of pyridine rings is 1. The van der Waals surface area contributed by atoms with Gasteiger partial charge < -0.3 is 9.84 Å². The van der Waals surface area contributed by atoms with Gasteiger partial charge in [-0.25, -0.2) is 0 Å². The van der Waals surface area contributed by atoms with Crippen molar-refractivity contribution >= 4 is 16.9 Å². The van der Waals surface area contributed by atoms with Crippen LogP contribution in [-0.2, 0) is 4.79 Å². The highest BCUT2D eigenvalue weighted by Gasteiger charge is 2.31. The highest BCUT2D eigenvalue weighted by Crippen LogP contribution is 2.32. The van der Waals surface area contributed by atoms with Crippen LogP contribution in [-0.4, -0.2) is 22.7 Å². The molecule has 21 heavy (non-hydrogen) atoms. The molecule has 1 aliphatic carbocycles. The Morgan fingerprint density at radius 1 is 1.24 bits per heavy atom. The van der Waals surface area contributed by atoms with Crippen molar-refractivity contribution in [2.45, 2.75) is 25.7 Å². The molecule has 1 fully saturated rings. The molecule has 0 saturated heterocycles. The lowest BCUT2D eigenvalue weighted by Crippen LogP contribution is -2.31. The molecule has 3 rings (SSSR count). The molecule has 1 N–H and O–H groups in total. The first-order valence-electron chi connectivity index (χ1n) is 7.45. The Morgan fingerprint density at radius 3 is 2.90 bits per heavy atom. The maximum absolute atomic E-state index is 11.3.